The monoisotopic (exact) mass is 224 g/mol. The maximum absolute atomic E-state index is 5.50. The van der Waals surface area contributed by atoms with Crippen molar-refractivity contribution in [3.8, 4) is 5.75 Å². The largest absolute Gasteiger partial charge is 0.490 e. The molecule has 0 amide bonds. The van der Waals surface area contributed by atoms with Crippen LogP contribution in [-0.4, -0.2) is 12.5 Å². The van der Waals surface area contributed by atoms with E-state index >= 15 is 0 Å². The number of halogens is 1. The van der Waals surface area contributed by atoms with E-state index in [0.29, 0.717) is 12.5 Å². The van der Waals surface area contributed by atoms with E-state index in [9.17, 15) is 0 Å². The molecule has 82 valence electrons. The molecule has 15 heavy (non-hydrogen) atoms. The maximum Gasteiger partial charge on any atom is 0.119 e. The van der Waals surface area contributed by atoms with Gasteiger partial charge in [-0.1, -0.05) is 37.6 Å². The third-order valence-corrected chi connectivity index (χ3v) is 2.24. The quantitative estimate of drug-likeness (QED) is 0.528. The molecule has 0 aliphatic rings. The molecule has 0 aliphatic carbocycles. The second kappa shape index (κ2) is 7.36. The predicted octanol–water partition coefficient (Wildman–Crippen LogP) is 3.81. The summed E-state index contributed by atoms with van der Waals surface area (Å²) in [5.74, 6) is 1.45. The summed E-state index contributed by atoms with van der Waals surface area (Å²) in [4.78, 5) is 0. The van der Waals surface area contributed by atoms with Crippen molar-refractivity contribution < 1.29 is 4.74 Å². The van der Waals surface area contributed by atoms with Crippen LogP contribution in [-0.2, 0) is 6.42 Å². The molecule has 0 aliphatic heterocycles. The van der Waals surface area contributed by atoms with Gasteiger partial charge in [0.05, 0.1) is 0 Å². The van der Waals surface area contributed by atoms with Crippen LogP contribution in [0.4, 0.5) is 0 Å². The zero-order chi connectivity index (χ0) is 10.9. The first-order valence-electron chi connectivity index (χ1n) is 5.29. The SMILES string of the molecule is CCCc1ccc(OCC=CCCl)cc1. The lowest BCUT2D eigenvalue weighted by molar-refractivity contribution is 0.362. The number of alkyl halides is 1. The number of hydrogen-bond acceptors (Lipinski definition) is 1. The first kappa shape index (κ1) is 12.1. The van der Waals surface area contributed by atoms with E-state index in [1.165, 1.54) is 12.0 Å². The minimum Gasteiger partial charge on any atom is -0.490 e. The first-order valence-corrected chi connectivity index (χ1v) is 5.83. The summed E-state index contributed by atoms with van der Waals surface area (Å²) in [6.07, 6.45) is 6.12. The van der Waals surface area contributed by atoms with Crippen LogP contribution in [0, 0.1) is 0 Å². The molecule has 1 aromatic carbocycles. The summed E-state index contributed by atoms with van der Waals surface area (Å²) in [6, 6.07) is 8.26. The molecule has 0 fully saturated rings. The molecule has 0 aromatic heterocycles. The van der Waals surface area contributed by atoms with E-state index in [1.54, 1.807) is 0 Å². The summed E-state index contributed by atoms with van der Waals surface area (Å²) in [7, 11) is 0. The van der Waals surface area contributed by atoms with Crippen molar-refractivity contribution in [1.29, 1.82) is 0 Å². The fourth-order valence-electron chi connectivity index (χ4n) is 1.32. The zero-order valence-corrected chi connectivity index (χ0v) is 9.83. The minimum absolute atomic E-state index is 0.540. The van der Waals surface area contributed by atoms with Crippen molar-refractivity contribution in [2.75, 3.05) is 12.5 Å². The molecular weight excluding hydrogens is 208 g/mol. The van der Waals surface area contributed by atoms with Crippen LogP contribution in [0.5, 0.6) is 5.75 Å². The fourth-order valence-corrected chi connectivity index (χ4v) is 1.44. The van der Waals surface area contributed by atoms with E-state index in [4.69, 9.17) is 16.3 Å². The number of aryl methyl sites for hydroxylation is 1. The lowest BCUT2D eigenvalue weighted by Crippen LogP contribution is -1.93. The van der Waals surface area contributed by atoms with Gasteiger partial charge in [-0.05, 0) is 24.1 Å². The van der Waals surface area contributed by atoms with E-state index in [1.807, 2.05) is 24.3 Å². The van der Waals surface area contributed by atoms with E-state index in [-0.39, 0.29) is 0 Å². The summed E-state index contributed by atoms with van der Waals surface area (Å²) in [6.45, 7) is 2.77. The van der Waals surface area contributed by atoms with Crippen molar-refractivity contribution in [3.05, 3.63) is 42.0 Å². The predicted molar refractivity (Wildman–Crippen MR) is 65.8 cm³/mol. The highest BCUT2D eigenvalue weighted by Crippen LogP contribution is 2.13. The Balaban J connectivity index is 2.39. The van der Waals surface area contributed by atoms with Gasteiger partial charge < -0.3 is 4.74 Å². The Morgan fingerprint density at radius 1 is 1.20 bits per heavy atom. The molecule has 2 heteroatoms. The Morgan fingerprint density at radius 2 is 1.93 bits per heavy atom. The Morgan fingerprint density at radius 3 is 2.53 bits per heavy atom. The Bertz CT molecular complexity index is 290. The number of ether oxygens (including phenoxy) is 1. The van der Waals surface area contributed by atoms with Crippen molar-refractivity contribution in [1.82, 2.24) is 0 Å². The van der Waals surface area contributed by atoms with Gasteiger partial charge >= 0.3 is 0 Å². The number of rotatable bonds is 6. The van der Waals surface area contributed by atoms with Crippen LogP contribution in [0.2, 0.25) is 0 Å². The lowest BCUT2D eigenvalue weighted by atomic mass is 10.1. The highest BCUT2D eigenvalue weighted by Gasteiger charge is 1.93. The van der Waals surface area contributed by atoms with Gasteiger partial charge in [-0.25, -0.2) is 0 Å². The maximum atomic E-state index is 5.50. The fraction of sp³-hybridized carbons (Fsp3) is 0.385. The van der Waals surface area contributed by atoms with Gasteiger partial charge in [0.15, 0.2) is 0 Å². The van der Waals surface area contributed by atoms with Crippen LogP contribution in [0.3, 0.4) is 0 Å². The smallest absolute Gasteiger partial charge is 0.119 e. The number of hydrogen-bond donors (Lipinski definition) is 0. The molecule has 0 saturated carbocycles. The Kier molecular flexibility index (Phi) is 5.94. The first-order chi connectivity index (χ1) is 7.36. The van der Waals surface area contributed by atoms with Crippen LogP contribution >= 0.6 is 11.6 Å². The van der Waals surface area contributed by atoms with Crippen LogP contribution in [0.1, 0.15) is 18.9 Å². The molecule has 0 unspecified atom stereocenters. The highest BCUT2D eigenvalue weighted by molar-refractivity contribution is 6.18. The molecule has 0 N–H and O–H groups in total. The van der Waals surface area contributed by atoms with E-state index < -0.39 is 0 Å². The molecule has 0 saturated heterocycles. The third-order valence-electron chi connectivity index (χ3n) is 2.06. The van der Waals surface area contributed by atoms with Crippen molar-refractivity contribution in [3.63, 3.8) is 0 Å². The molecule has 0 radical (unpaired) electrons. The molecular formula is C13H17ClO. The molecule has 0 spiro atoms. The van der Waals surface area contributed by atoms with Crippen LogP contribution < -0.4 is 4.74 Å². The van der Waals surface area contributed by atoms with Gasteiger partial charge in [-0.15, -0.1) is 11.6 Å². The second-order valence-electron chi connectivity index (χ2n) is 3.33. The summed E-state index contributed by atoms with van der Waals surface area (Å²) < 4.78 is 5.50. The molecule has 1 aromatic rings. The molecule has 0 atom stereocenters. The average molecular weight is 225 g/mol. The van der Waals surface area contributed by atoms with Gasteiger partial charge in [0, 0.05) is 5.88 Å². The minimum atomic E-state index is 0.540. The van der Waals surface area contributed by atoms with Crippen molar-refractivity contribution >= 4 is 11.6 Å². The van der Waals surface area contributed by atoms with Gasteiger partial charge in [0.25, 0.3) is 0 Å². The normalized spacial score (nSPS) is 10.8. The molecule has 1 rings (SSSR count). The number of benzene rings is 1. The molecule has 0 heterocycles. The Hall–Kier alpha value is -0.950. The van der Waals surface area contributed by atoms with Crippen molar-refractivity contribution in [2.24, 2.45) is 0 Å². The topological polar surface area (TPSA) is 9.23 Å². The van der Waals surface area contributed by atoms with Gasteiger partial charge in [-0.3, -0.25) is 0 Å². The van der Waals surface area contributed by atoms with Gasteiger partial charge in [0.2, 0.25) is 0 Å². The average Bonchev–Trinajstić information content (AvgIpc) is 2.27. The summed E-state index contributed by atoms with van der Waals surface area (Å²) in [5, 5.41) is 0. The van der Waals surface area contributed by atoms with Gasteiger partial charge in [0.1, 0.15) is 12.4 Å². The standard InChI is InChI=1S/C13H17ClO/c1-2-5-12-6-8-13(9-7-12)15-11-4-3-10-14/h3-4,6-9H,2,5,10-11H2,1H3. The summed E-state index contributed by atoms with van der Waals surface area (Å²) in [5.41, 5.74) is 1.36. The molecule has 1 nitrogen and oxygen atoms in total. The second-order valence-corrected chi connectivity index (χ2v) is 3.64. The molecule has 0 bridgehead atoms. The van der Waals surface area contributed by atoms with E-state index in [2.05, 4.69) is 19.1 Å². The lowest BCUT2D eigenvalue weighted by Gasteiger charge is -2.04. The zero-order valence-electron chi connectivity index (χ0n) is 9.08. The number of allylic oxidation sites excluding steroid dienone is 1. The van der Waals surface area contributed by atoms with Crippen LogP contribution in [0.25, 0.3) is 0 Å². The summed E-state index contributed by atoms with van der Waals surface area (Å²) >= 11 is 5.50. The highest BCUT2D eigenvalue weighted by atomic mass is 35.5. The van der Waals surface area contributed by atoms with Crippen molar-refractivity contribution in [2.45, 2.75) is 19.8 Å². The third kappa shape index (κ3) is 4.89. The van der Waals surface area contributed by atoms with Gasteiger partial charge in [-0.2, -0.15) is 0 Å². The Labute approximate surface area is 96.7 Å². The van der Waals surface area contributed by atoms with E-state index in [0.717, 1.165) is 12.2 Å². The van der Waals surface area contributed by atoms with Crippen LogP contribution in [0.15, 0.2) is 36.4 Å².